The van der Waals surface area contributed by atoms with Crippen LogP contribution in [0.4, 0.5) is 4.79 Å². The Balaban J connectivity index is 1.84. The zero-order valence-corrected chi connectivity index (χ0v) is 11.6. The molecule has 1 atom stereocenters. The van der Waals surface area contributed by atoms with Crippen molar-refractivity contribution in [1.29, 1.82) is 0 Å². The van der Waals surface area contributed by atoms with E-state index in [0.717, 1.165) is 18.4 Å². The number of carboxylic acid groups (broad SMARTS) is 1. The van der Waals surface area contributed by atoms with E-state index in [1.54, 1.807) is 0 Å². The number of carboxylic acids is 1. The average molecular weight is 276 g/mol. The average Bonchev–Trinajstić information content (AvgIpc) is 3.12. The summed E-state index contributed by atoms with van der Waals surface area (Å²) in [6.45, 7) is 1.95. The van der Waals surface area contributed by atoms with Crippen LogP contribution in [0.25, 0.3) is 0 Å². The molecule has 3 N–H and O–H groups in total. The largest absolute Gasteiger partial charge is 0.480 e. The van der Waals surface area contributed by atoms with Gasteiger partial charge < -0.3 is 15.7 Å². The summed E-state index contributed by atoms with van der Waals surface area (Å²) < 4.78 is 0. The molecule has 5 nitrogen and oxygen atoms in total. The first kappa shape index (κ1) is 14.4. The van der Waals surface area contributed by atoms with Gasteiger partial charge in [0.15, 0.2) is 0 Å². The fraction of sp³-hybridized carbons (Fsp3) is 0.467. The van der Waals surface area contributed by atoms with Crippen molar-refractivity contribution in [3.05, 3.63) is 35.9 Å². The third-order valence-corrected chi connectivity index (χ3v) is 3.58. The fourth-order valence-electron chi connectivity index (χ4n) is 1.99. The molecule has 1 fully saturated rings. The van der Waals surface area contributed by atoms with E-state index < -0.39 is 18.0 Å². The number of rotatable bonds is 6. The molecule has 1 aromatic carbocycles. The Hall–Kier alpha value is -2.04. The lowest BCUT2D eigenvalue weighted by atomic mass is 10.1. The Bertz CT molecular complexity index is 483. The molecule has 1 saturated carbocycles. The molecule has 20 heavy (non-hydrogen) atoms. The molecule has 2 rings (SSSR count). The Kier molecular flexibility index (Phi) is 4.27. The summed E-state index contributed by atoms with van der Waals surface area (Å²) in [4.78, 5) is 22.9. The van der Waals surface area contributed by atoms with Crippen molar-refractivity contribution in [2.45, 2.75) is 44.2 Å². The van der Waals surface area contributed by atoms with Crippen LogP contribution in [-0.2, 0) is 11.2 Å². The maximum Gasteiger partial charge on any atom is 0.326 e. The highest BCUT2D eigenvalue weighted by atomic mass is 16.4. The monoisotopic (exact) mass is 276 g/mol. The highest BCUT2D eigenvalue weighted by Crippen LogP contribution is 2.34. The summed E-state index contributed by atoms with van der Waals surface area (Å²) in [5.41, 5.74) is 0.919. The van der Waals surface area contributed by atoms with Gasteiger partial charge in [-0.2, -0.15) is 0 Å². The molecule has 1 aliphatic carbocycles. The van der Waals surface area contributed by atoms with Crippen molar-refractivity contribution in [1.82, 2.24) is 10.6 Å². The second-order valence-corrected chi connectivity index (χ2v) is 5.57. The number of hydrogen-bond donors (Lipinski definition) is 3. The molecule has 2 amide bonds. The number of hydrogen-bond acceptors (Lipinski definition) is 2. The van der Waals surface area contributed by atoms with E-state index in [0.29, 0.717) is 12.8 Å². The van der Waals surface area contributed by atoms with Crippen LogP contribution < -0.4 is 10.6 Å². The molecular formula is C15H20N2O3. The van der Waals surface area contributed by atoms with E-state index in [1.165, 1.54) is 0 Å². The van der Waals surface area contributed by atoms with Crippen molar-refractivity contribution in [3.8, 4) is 0 Å². The number of aliphatic carboxylic acids is 1. The summed E-state index contributed by atoms with van der Waals surface area (Å²) in [6.07, 6.45) is 2.89. The van der Waals surface area contributed by atoms with Crippen LogP contribution in [0.5, 0.6) is 0 Å². The van der Waals surface area contributed by atoms with Gasteiger partial charge >= 0.3 is 12.0 Å². The molecule has 0 heterocycles. The highest BCUT2D eigenvalue weighted by molar-refractivity contribution is 5.83. The zero-order valence-electron chi connectivity index (χ0n) is 11.6. The Labute approximate surface area is 118 Å². The van der Waals surface area contributed by atoms with E-state index in [9.17, 15) is 14.7 Å². The number of carbonyl (C=O) groups excluding carboxylic acids is 1. The van der Waals surface area contributed by atoms with E-state index in [2.05, 4.69) is 10.6 Å². The van der Waals surface area contributed by atoms with E-state index in [4.69, 9.17) is 0 Å². The lowest BCUT2D eigenvalue weighted by Crippen LogP contribution is -2.49. The first-order valence-electron chi connectivity index (χ1n) is 6.84. The summed E-state index contributed by atoms with van der Waals surface area (Å²) in [5.74, 6) is -1.00. The standard InChI is InChI=1S/C15H20N2O3/c1-15(9-10-15)17-14(20)16-12(13(18)19)8-7-11-5-3-2-4-6-11/h2-6,12H,7-10H2,1H3,(H,18,19)(H2,16,17,20). The summed E-state index contributed by atoms with van der Waals surface area (Å²) in [6, 6.07) is 8.38. The van der Waals surface area contributed by atoms with E-state index in [1.807, 2.05) is 37.3 Å². The van der Waals surface area contributed by atoms with Gasteiger partial charge in [-0.25, -0.2) is 9.59 Å². The lowest BCUT2D eigenvalue weighted by molar-refractivity contribution is -0.139. The minimum atomic E-state index is -1.00. The van der Waals surface area contributed by atoms with Crippen LogP contribution in [-0.4, -0.2) is 28.7 Å². The van der Waals surface area contributed by atoms with Crippen molar-refractivity contribution < 1.29 is 14.7 Å². The third kappa shape index (κ3) is 4.26. The molecule has 5 heteroatoms. The molecule has 0 saturated heterocycles. The smallest absolute Gasteiger partial charge is 0.326 e. The van der Waals surface area contributed by atoms with Crippen molar-refractivity contribution in [2.24, 2.45) is 0 Å². The quantitative estimate of drug-likeness (QED) is 0.742. The minimum absolute atomic E-state index is 0.146. The second-order valence-electron chi connectivity index (χ2n) is 5.57. The van der Waals surface area contributed by atoms with Crippen LogP contribution in [0.15, 0.2) is 30.3 Å². The summed E-state index contributed by atoms with van der Waals surface area (Å²) in [5, 5.41) is 14.5. The van der Waals surface area contributed by atoms with Gasteiger partial charge in [-0.3, -0.25) is 0 Å². The number of urea groups is 1. The van der Waals surface area contributed by atoms with Gasteiger partial charge in [-0.05, 0) is 38.2 Å². The van der Waals surface area contributed by atoms with Crippen LogP contribution in [0, 0.1) is 0 Å². The maximum atomic E-state index is 11.7. The fourth-order valence-corrected chi connectivity index (χ4v) is 1.99. The molecule has 0 radical (unpaired) electrons. The van der Waals surface area contributed by atoms with Crippen LogP contribution >= 0.6 is 0 Å². The number of amides is 2. The van der Waals surface area contributed by atoms with Gasteiger partial charge in [0.05, 0.1) is 0 Å². The number of aryl methyl sites for hydroxylation is 1. The van der Waals surface area contributed by atoms with Crippen molar-refractivity contribution in [2.75, 3.05) is 0 Å². The Morgan fingerprint density at radius 3 is 2.50 bits per heavy atom. The van der Waals surface area contributed by atoms with Gasteiger partial charge in [0.2, 0.25) is 0 Å². The minimum Gasteiger partial charge on any atom is -0.480 e. The normalized spacial score (nSPS) is 17.1. The highest BCUT2D eigenvalue weighted by Gasteiger charge is 2.39. The topological polar surface area (TPSA) is 78.4 Å². The second kappa shape index (κ2) is 5.94. The van der Waals surface area contributed by atoms with Gasteiger partial charge in [0.1, 0.15) is 6.04 Å². The van der Waals surface area contributed by atoms with E-state index >= 15 is 0 Å². The predicted molar refractivity (Wildman–Crippen MR) is 75.5 cm³/mol. The first-order chi connectivity index (χ1) is 9.48. The zero-order chi connectivity index (χ0) is 14.6. The molecule has 108 valence electrons. The van der Waals surface area contributed by atoms with Gasteiger partial charge in [-0.1, -0.05) is 30.3 Å². The van der Waals surface area contributed by atoms with Gasteiger partial charge in [0.25, 0.3) is 0 Å². The van der Waals surface area contributed by atoms with E-state index in [-0.39, 0.29) is 5.54 Å². The number of nitrogens with one attached hydrogen (secondary N) is 2. The first-order valence-corrected chi connectivity index (χ1v) is 6.84. The van der Waals surface area contributed by atoms with Crippen LogP contribution in [0.2, 0.25) is 0 Å². The number of carbonyl (C=O) groups is 2. The molecular weight excluding hydrogens is 256 g/mol. The van der Waals surface area contributed by atoms with Crippen LogP contribution in [0.3, 0.4) is 0 Å². The van der Waals surface area contributed by atoms with Crippen LogP contribution in [0.1, 0.15) is 31.7 Å². The molecule has 0 aliphatic heterocycles. The van der Waals surface area contributed by atoms with Gasteiger partial charge in [-0.15, -0.1) is 0 Å². The molecule has 1 aliphatic rings. The Morgan fingerprint density at radius 1 is 1.30 bits per heavy atom. The molecule has 0 aromatic heterocycles. The summed E-state index contributed by atoms with van der Waals surface area (Å²) in [7, 11) is 0. The van der Waals surface area contributed by atoms with Crippen molar-refractivity contribution >= 4 is 12.0 Å². The summed E-state index contributed by atoms with van der Waals surface area (Å²) >= 11 is 0. The number of benzene rings is 1. The van der Waals surface area contributed by atoms with Gasteiger partial charge in [0, 0.05) is 5.54 Å². The predicted octanol–water partition coefficient (Wildman–Crippen LogP) is 1.92. The molecule has 1 aromatic rings. The molecule has 0 bridgehead atoms. The SMILES string of the molecule is CC1(NC(=O)NC(CCc2ccccc2)C(=O)O)CC1. The molecule has 1 unspecified atom stereocenters. The maximum absolute atomic E-state index is 11.7. The lowest BCUT2D eigenvalue weighted by Gasteiger charge is -2.17. The molecule has 0 spiro atoms. The van der Waals surface area contributed by atoms with Crippen molar-refractivity contribution in [3.63, 3.8) is 0 Å². The Morgan fingerprint density at radius 2 is 1.95 bits per heavy atom. The third-order valence-electron chi connectivity index (χ3n) is 3.58.